The van der Waals surface area contributed by atoms with Crippen molar-refractivity contribution in [3.63, 3.8) is 0 Å². The lowest BCUT2D eigenvalue weighted by molar-refractivity contribution is -0.137. The molecule has 1 atom stereocenters. The number of carbonyl (C=O) groups excluding carboxylic acids is 2. The normalized spacial score (nSPS) is 17.0. The summed E-state index contributed by atoms with van der Waals surface area (Å²) in [6, 6.07) is 6.14. The fraction of sp³-hybridized carbons (Fsp3) is 0.500. The van der Waals surface area contributed by atoms with Crippen LogP contribution < -0.4 is 0 Å². The molecule has 0 radical (unpaired) electrons. The first-order valence-electron chi connectivity index (χ1n) is 7.26. The summed E-state index contributed by atoms with van der Waals surface area (Å²) in [5, 5.41) is 0. The molecular formula is C16H21FN2O2. The molecule has 2 amide bonds. The van der Waals surface area contributed by atoms with Crippen LogP contribution in [0.5, 0.6) is 0 Å². The molecule has 5 heteroatoms. The quantitative estimate of drug-likeness (QED) is 0.795. The first kappa shape index (κ1) is 15.5. The van der Waals surface area contributed by atoms with Gasteiger partial charge in [0.1, 0.15) is 5.82 Å². The number of benzene rings is 1. The summed E-state index contributed by atoms with van der Waals surface area (Å²) < 4.78 is 13.1. The van der Waals surface area contributed by atoms with Gasteiger partial charge in [-0.3, -0.25) is 9.59 Å². The number of rotatable bonds is 4. The second kappa shape index (κ2) is 6.70. The van der Waals surface area contributed by atoms with Gasteiger partial charge in [-0.15, -0.1) is 0 Å². The van der Waals surface area contributed by atoms with Crippen LogP contribution in [-0.2, 0) is 9.59 Å². The van der Waals surface area contributed by atoms with Crippen molar-refractivity contribution >= 4 is 12.3 Å². The van der Waals surface area contributed by atoms with Crippen LogP contribution in [0.1, 0.15) is 25.3 Å². The van der Waals surface area contributed by atoms with Crippen molar-refractivity contribution in [1.82, 2.24) is 9.80 Å². The van der Waals surface area contributed by atoms with Crippen LogP contribution in [0.4, 0.5) is 4.39 Å². The van der Waals surface area contributed by atoms with Crippen molar-refractivity contribution in [3.8, 4) is 0 Å². The number of piperazine rings is 1. The summed E-state index contributed by atoms with van der Waals surface area (Å²) in [4.78, 5) is 26.9. The average molecular weight is 292 g/mol. The molecule has 1 heterocycles. The van der Waals surface area contributed by atoms with Gasteiger partial charge < -0.3 is 9.80 Å². The molecule has 1 unspecified atom stereocenters. The molecule has 4 nitrogen and oxygen atoms in total. The van der Waals surface area contributed by atoms with Crippen LogP contribution in [0.15, 0.2) is 24.3 Å². The van der Waals surface area contributed by atoms with Crippen molar-refractivity contribution < 1.29 is 14.0 Å². The van der Waals surface area contributed by atoms with E-state index in [1.807, 2.05) is 13.8 Å². The minimum atomic E-state index is -0.298. The highest BCUT2D eigenvalue weighted by Gasteiger charge is 2.30. The summed E-state index contributed by atoms with van der Waals surface area (Å²) in [6.45, 7) is 6.25. The van der Waals surface area contributed by atoms with E-state index in [0.29, 0.717) is 26.2 Å². The monoisotopic (exact) mass is 292 g/mol. The van der Waals surface area contributed by atoms with Gasteiger partial charge in [0.15, 0.2) is 0 Å². The maximum Gasteiger partial charge on any atom is 0.230 e. The maximum atomic E-state index is 13.1. The lowest BCUT2D eigenvalue weighted by Gasteiger charge is -2.35. The van der Waals surface area contributed by atoms with Crippen LogP contribution in [0.3, 0.4) is 0 Å². The third kappa shape index (κ3) is 3.60. The fourth-order valence-electron chi connectivity index (χ4n) is 2.73. The summed E-state index contributed by atoms with van der Waals surface area (Å²) in [5.74, 6) is -0.379. The van der Waals surface area contributed by atoms with Crippen molar-refractivity contribution in [3.05, 3.63) is 35.6 Å². The number of hydrogen-bond acceptors (Lipinski definition) is 2. The first-order valence-corrected chi connectivity index (χ1v) is 7.26. The lowest BCUT2D eigenvalue weighted by Crippen LogP contribution is -2.50. The Balaban J connectivity index is 2.13. The van der Waals surface area contributed by atoms with Crippen molar-refractivity contribution in [2.75, 3.05) is 26.2 Å². The second-order valence-corrected chi connectivity index (χ2v) is 5.74. The molecule has 114 valence electrons. The van der Waals surface area contributed by atoms with Gasteiger partial charge in [0, 0.05) is 26.2 Å². The van der Waals surface area contributed by atoms with E-state index in [0.717, 1.165) is 12.0 Å². The Morgan fingerprint density at radius 1 is 1.14 bits per heavy atom. The predicted octanol–water partition coefficient (Wildman–Crippen LogP) is 1.87. The Bertz CT molecular complexity index is 494. The molecule has 0 saturated carbocycles. The van der Waals surface area contributed by atoms with Gasteiger partial charge >= 0.3 is 0 Å². The van der Waals surface area contributed by atoms with Gasteiger partial charge in [-0.25, -0.2) is 4.39 Å². The Morgan fingerprint density at radius 2 is 1.71 bits per heavy atom. The van der Waals surface area contributed by atoms with E-state index in [1.165, 1.54) is 12.1 Å². The fourth-order valence-corrected chi connectivity index (χ4v) is 2.73. The van der Waals surface area contributed by atoms with E-state index < -0.39 is 0 Å². The van der Waals surface area contributed by atoms with Gasteiger partial charge in [-0.2, -0.15) is 0 Å². The van der Waals surface area contributed by atoms with Crippen molar-refractivity contribution in [1.29, 1.82) is 0 Å². The SMILES string of the molecule is CC(C)C(C(=O)N1CCN(C=O)CC1)c1ccc(F)cc1. The molecule has 0 bridgehead atoms. The summed E-state index contributed by atoms with van der Waals surface area (Å²) in [6.07, 6.45) is 0.821. The summed E-state index contributed by atoms with van der Waals surface area (Å²) in [5.41, 5.74) is 0.842. The lowest BCUT2D eigenvalue weighted by atomic mass is 9.87. The van der Waals surface area contributed by atoms with Gasteiger partial charge in [-0.05, 0) is 23.6 Å². The molecule has 1 fully saturated rings. The highest BCUT2D eigenvalue weighted by molar-refractivity contribution is 5.84. The number of carbonyl (C=O) groups is 2. The molecule has 21 heavy (non-hydrogen) atoms. The van der Waals surface area contributed by atoms with E-state index >= 15 is 0 Å². The highest BCUT2D eigenvalue weighted by atomic mass is 19.1. The van der Waals surface area contributed by atoms with Crippen LogP contribution in [0.25, 0.3) is 0 Å². The standard InChI is InChI=1S/C16H21FN2O2/c1-12(2)15(13-3-5-14(17)6-4-13)16(21)19-9-7-18(11-20)8-10-19/h3-6,11-12,15H,7-10H2,1-2H3. The minimum absolute atomic E-state index is 0.0576. The van der Waals surface area contributed by atoms with Crippen LogP contribution in [0.2, 0.25) is 0 Å². The highest BCUT2D eigenvalue weighted by Crippen LogP contribution is 2.27. The van der Waals surface area contributed by atoms with Gasteiger partial charge in [-0.1, -0.05) is 26.0 Å². The Kier molecular flexibility index (Phi) is 4.94. The van der Waals surface area contributed by atoms with Gasteiger partial charge in [0.05, 0.1) is 5.92 Å². The Hall–Kier alpha value is -1.91. The first-order chi connectivity index (χ1) is 10.0. The summed E-state index contributed by atoms with van der Waals surface area (Å²) >= 11 is 0. The zero-order valence-electron chi connectivity index (χ0n) is 12.5. The van der Waals surface area contributed by atoms with Crippen molar-refractivity contribution in [2.45, 2.75) is 19.8 Å². The van der Waals surface area contributed by atoms with E-state index in [9.17, 15) is 14.0 Å². The third-order valence-electron chi connectivity index (χ3n) is 3.94. The third-order valence-corrected chi connectivity index (χ3v) is 3.94. The largest absolute Gasteiger partial charge is 0.342 e. The molecule has 0 spiro atoms. The molecule has 1 aliphatic heterocycles. The topological polar surface area (TPSA) is 40.6 Å². The van der Waals surface area contributed by atoms with E-state index in [4.69, 9.17) is 0 Å². The predicted molar refractivity (Wildman–Crippen MR) is 78.2 cm³/mol. The number of hydrogen-bond donors (Lipinski definition) is 0. The number of halogens is 1. The van der Waals surface area contributed by atoms with Gasteiger partial charge in [0.2, 0.25) is 12.3 Å². The second-order valence-electron chi connectivity index (χ2n) is 5.74. The Morgan fingerprint density at radius 3 is 2.19 bits per heavy atom. The van der Waals surface area contributed by atoms with Crippen molar-refractivity contribution in [2.24, 2.45) is 5.92 Å². The molecule has 1 aromatic carbocycles. The molecule has 2 rings (SSSR count). The average Bonchev–Trinajstić information content (AvgIpc) is 2.49. The van der Waals surface area contributed by atoms with Crippen LogP contribution in [0, 0.1) is 11.7 Å². The molecular weight excluding hydrogens is 271 g/mol. The zero-order chi connectivity index (χ0) is 15.4. The van der Waals surface area contributed by atoms with Gasteiger partial charge in [0.25, 0.3) is 0 Å². The number of nitrogens with zero attached hydrogens (tertiary/aromatic N) is 2. The molecule has 0 N–H and O–H groups in total. The molecule has 0 aliphatic carbocycles. The smallest absolute Gasteiger partial charge is 0.230 e. The van der Waals surface area contributed by atoms with E-state index in [2.05, 4.69) is 0 Å². The van der Waals surface area contributed by atoms with E-state index in [-0.39, 0.29) is 23.6 Å². The maximum absolute atomic E-state index is 13.1. The zero-order valence-corrected chi connectivity index (χ0v) is 12.5. The number of amides is 2. The Labute approximate surface area is 124 Å². The molecule has 1 aliphatic rings. The minimum Gasteiger partial charge on any atom is -0.342 e. The molecule has 0 aromatic heterocycles. The molecule has 1 saturated heterocycles. The molecule has 1 aromatic rings. The van der Waals surface area contributed by atoms with Crippen LogP contribution >= 0.6 is 0 Å². The van der Waals surface area contributed by atoms with Crippen LogP contribution in [-0.4, -0.2) is 48.3 Å². The summed E-state index contributed by atoms with van der Waals surface area (Å²) in [7, 11) is 0. The van der Waals surface area contributed by atoms with E-state index in [1.54, 1.807) is 21.9 Å².